The Balaban J connectivity index is 1.77. The van der Waals surface area contributed by atoms with Crippen LogP contribution in [0.4, 0.5) is 0 Å². The fraction of sp³-hybridized carbons (Fsp3) is 0.880. The molecule has 0 heterocycles. The van der Waals surface area contributed by atoms with Crippen LogP contribution in [0.15, 0.2) is 0 Å². The molecule has 7 nitrogen and oxygen atoms in total. The molecule has 3 rings (SSSR count). The van der Waals surface area contributed by atoms with Crippen molar-refractivity contribution in [2.75, 3.05) is 34.4 Å². The second kappa shape index (κ2) is 9.41. The maximum Gasteiger partial charge on any atom is 0.314 e. The number of carbonyl (C=O) groups excluding carboxylic acids is 3. The van der Waals surface area contributed by atoms with E-state index in [2.05, 4.69) is 13.8 Å². The molecule has 4 unspecified atom stereocenters. The number of carbonyl (C=O) groups is 3. The molecule has 3 aliphatic rings. The summed E-state index contributed by atoms with van der Waals surface area (Å²) in [7, 11) is 5.23. The quantitative estimate of drug-likeness (QED) is 0.621. The van der Waals surface area contributed by atoms with Gasteiger partial charge in [-0.3, -0.25) is 14.4 Å². The lowest BCUT2D eigenvalue weighted by molar-refractivity contribution is -0.200. The van der Waals surface area contributed by atoms with Crippen molar-refractivity contribution in [3.05, 3.63) is 0 Å². The van der Waals surface area contributed by atoms with Crippen molar-refractivity contribution >= 4 is 17.7 Å². The van der Waals surface area contributed by atoms with Crippen molar-refractivity contribution in [2.45, 2.75) is 65.4 Å². The highest BCUT2D eigenvalue weighted by Gasteiger charge is 2.65. The molecule has 0 aliphatic heterocycles. The Morgan fingerprint density at radius 2 is 1.88 bits per heavy atom. The third kappa shape index (κ3) is 4.23. The van der Waals surface area contributed by atoms with Gasteiger partial charge in [0.25, 0.3) is 0 Å². The topological polar surface area (TPSA) is 93.1 Å². The molecule has 0 amide bonds. The first-order chi connectivity index (χ1) is 15.0. The molecular formula is C25H41NO6. The predicted molar refractivity (Wildman–Crippen MR) is 120 cm³/mol. The lowest BCUT2D eigenvalue weighted by Gasteiger charge is -2.62. The van der Waals surface area contributed by atoms with Crippen molar-refractivity contribution in [2.24, 2.45) is 40.4 Å². The first-order valence-electron chi connectivity index (χ1n) is 12.1. The van der Waals surface area contributed by atoms with Gasteiger partial charge < -0.3 is 19.5 Å². The van der Waals surface area contributed by atoms with Crippen LogP contribution in [-0.4, -0.2) is 68.2 Å². The molecule has 0 aromatic rings. The number of fused-ring (bicyclic) bond motifs is 3. The van der Waals surface area contributed by atoms with E-state index in [1.807, 2.05) is 19.0 Å². The summed E-state index contributed by atoms with van der Waals surface area (Å²) in [4.78, 5) is 40.6. The van der Waals surface area contributed by atoms with Crippen molar-refractivity contribution in [1.29, 1.82) is 0 Å². The third-order valence-corrected chi connectivity index (χ3v) is 9.24. The number of esters is 2. The van der Waals surface area contributed by atoms with Crippen LogP contribution in [0.25, 0.3) is 0 Å². The van der Waals surface area contributed by atoms with Crippen LogP contribution >= 0.6 is 0 Å². The van der Waals surface area contributed by atoms with Crippen molar-refractivity contribution in [3.63, 3.8) is 0 Å². The minimum Gasteiger partial charge on any atom is -0.469 e. The van der Waals surface area contributed by atoms with Crippen LogP contribution in [0.2, 0.25) is 0 Å². The molecule has 0 aromatic carbocycles. The zero-order chi connectivity index (χ0) is 23.8. The number of hydrogen-bond acceptors (Lipinski definition) is 7. The van der Waals surface area contributed by atoms with Crippen molar-refractivity contribution in [3.8, 4) is 0 Å². The van der Waals surface area contributed by atoms with Gasteiger partial charge in [-0.1, -0.05) is 13.8 Å². The number of hydrogen-bond donors (Lipinski definition) is 1. The summed E-state index contributed by atoms with van der Waals surface area (Å²) in [6.45, 7) is 7.16. The predicted octanol–water partition coefficient (Wildman–Crippen LogP) is 2.69. The molecule has 8 atom stereocenters. The molecule has 3 aliphatic carbocycles. The molecule has 0 radical (unpaired) electrons. The SMILES string of the molecule is COC(=O)[C@]1(C)C(O)CC[C@]2(C)C3CCC(CC(=O)OCCN(C)C)C(C)[C@@H]3C(=O)C[C@H]21. The Morgan fingerprint density at radius 1 is 1.19 bits per heavy atom. The van der Waals surface area contributed by atoms with Crippen LogP contribution in [0.3, 0.4) is 0 Å². The Bertz CT molecular complexity index is 738. The summed E-state index contributed by atoms with van der Waals surface area (Å²) in [5, 5.41) is 10.8. The molecule has 0 aromatic heterocycles. The summed E-state index contributed by atoms with van der Waals surface area (Å²) in [5.41, 5.74) is -1.29. The largest absolute Gasteiger partial charge is 0.469 e. The van der Waals surface area contributed by atoms with Gasteiger partial charge in [-0.25, -0.2) is 0 Å². The van der Waals surface area contributed by atoms with E-state index >= 15 is 0 Å². The van der Waals surface area contributed by atoms with Crippen LogP contribution in [0, 0.1) is 40.4 Å². The number of ether oxygens (including phenoxy) is 2. The fourth-order valence-corrected chi connectivity index (χ4v) is 7.22. The molecule has 1 N–H and O–H groups in total. The van der Waals surface area contributed by atoms with Crippen molar-refractivity contribution in [1.82, 2.24) is 4.90 Å². The van der Waals surface area contributed by atoms with Crippen LogP contribution < -0.4 is 0 Å². The average Bonchev–Trinajstić information content (AvgIpc) is 2.73. The van der Waals surface area contributed by atoms with Crippen LogP contribution in [0.5, 0.6) is 0 Å². The van der Waals surface area contributed by atoms with Gasteiger partial charge in [0.2, 0.25) is 0 Å². The van der Waals surface area contributed by atoms with E-state index < -0.39 is 17.5 Å². The second-order valence-electron chi connectivity index (χ2n) is 11.1. The number of aliphatic hydroxyl groups is 1. The minimum absolute atomic E-state index is 0.0941. The Hall–Kier alpha value is -1.47. The third-order valence-electron chi connectivity index (χ3n) is 9.24. The first-order valence-corrected chi connectivity index (χ1v) is 12.1. The van der Waals surface area contributed by atoms with E-state index in [-0.39, 0.29) is 53.2 Å². The summed E-state index contributed by atoms with van der Waals surface area (Å²) >= 11 is 0. The molecule has 0 bridgehead atoms. The van der Waals surface area contributed by atoms with Crippen LogP contribution in [-0.2, 0) is 23.9 Å². The highest BCUT2D eigenvalue weighted by atomic mass is 16.5. The maximum absolute atomic E-state index is 13.5. The van der Waals surface area contributed by atoms with E-state index in [9.17, 15) is 19.5 Å². The summed E-state index contributed by atoms with van der Waals surface area (Å²) in [6.07, 6.45) is 2.89. The van der Waals surface area contributed by atoms with Gasteiger partial charge in [-0.2, -0.15) is 0 Å². The lowest BCUT2D eigenvalue weighted by Crippen LogP contribution is -2.63. The molecule has 0 spiro atoms. The van der Waals surface area contributed by atoms with E-state index in [4.69, 9.17) is 9.47 Å². The summed E-state index contributed by atoms with van der Waals surface area (Å²) < 4.78 is 10.5. The van der Waals surface area contributed by atoms with Gasteiger partial charge in [0.15, 0.2) is 0 Å². The average molecular weight is 452 g/mol. The van der Waals surface area contributed by atoms with E-state index in [1.165, 1.54) is 7.11 Å². The summed E-state index contributed by atoms with van der Waals surface area (Å²) in [5.74, 6) is -0.407. The molecule has 32 heavy (non-hydrogen) atoms. The molecule has 0 saturated heterocycles. The van der Waals surface area contributed by atoms with Gasteiger partial charge in [-0.15, -0.1) is 0 Å². The standard InChI is InChI=1S/C25H41NO6/c1-15-16(13-21(29)32-12-11-26(4)5)7-8-17-22(15)18(27)14-19-24(17,2)10-9-20(28)25(19,3)23(30)31-6/h15-17,19-20,22,28H,7-14H2,1-6H3/t15?,16?,17?,19-,20?,22+,24-,25+/m1/s1. The highest BCUT2D eigenvalue weighted by molar-refractivity contribution is 5.86. The zero-order valence-corrected chi connectivity index (χ0v) is 20.6. The summed E-state index contributed by atoms with van der Waals surface area (Å²) in [6, 6.07) is 0. The zero-order valence-electron chi connectivity index (χ0n) is 20.6. The first kappa shape index (κ1) is 25.2. The number of likely N-dealkylation sites (N-methyl/N-ethyl adjacent to an activating group) is 1. The minimum atomic E-state index is -1.07. The number of methoxy groups -OCH3 is 1. The van der Waals surface area contributed by atoms with Crippen LogP contribution in [0.1, 0.15) is 59.3 Å². The van der Waals surface area contributed by atoms with Gasteiger partial charge in [0.1, 0.15) is 12.4 Å². The molecular weight excluding hydrogens is 410 g/mol. The highest BCUT2D eigenvalue weighted by Crippen LogP contribution is 2.64. The molecule has 3 saturated carbocycles. The Morgan fingerprint density at radius 3 is 2.50 bits per heavy atom. The van der Waals surface area contributed by atoms with Gasteiger partial charge in [-0.05, 0) is 75.8 Å². The maximum atomic E-state index is 13.5. The number of ketones is 1. The van der Waals surface area contributed by atoms with E-state index in [1.54, 1.807) is 6.92 Å². The van der Waals surface area contributed by atoms with E-state index in [0.29, 0.717) is 26.0 Å². The van der Waals surface area contributed by atoms with Gasteiger partial charge in [0, 0.05) is 25.3 Å². The number of rotatable bonds is 6. The van der Waals surface area contributed by atoms with Gasteiger partial charge >= 0.3 is 11.9 Å². The van der Waals surface area contributed by atoms with Crippen molar-refractivity contribution < 1.29 is 29.0 Å². The number of aliphatic hydroxyl groups excluding tert-OH is 1. The molecule has 182 valence electrons. The smallest absolute Gasteiger partial charge is 0.314 e. The fourth-order valence-electron chi connectivity index (χ4n) is 7.22. The van der Waals surface area contributed by atoms with E-state index in [0.717, 1.165) is 19.3 Å². The second-order valence-corrected chi connectivity index (χ2v) is 11.1. The number of Topliss-reactive ketones (excluding diaryl/α,β-unsaturated/α-hetero) is 1. The monoisotopic (exact) mass is 451 g/mol. The Labute approximate surface area is 192 Å². The lowest BCUT2D eigenvalue weighted by atomic mass is 9.42. The molecule has 3 fully saturated rings. The number of nitrogens with zero attached hydrogens (tertiary/aromatic N) is 1. The Kier molecular flexibility index (Phi) is 7.40. The normalized spacial score (nSPS) is 41.6. The van der Waals surface area contributed by atoms with Gasteiger partial charge in [0.05, 0.1) is 18.6 Å². The molecule has 7 heteroatoms.